The van der Waals surface area contributed by atoms with Gasteiger partial charge in [0.15, 0.2) is 0 Å². The number of aromatic nitrogens is 1. The summed E-state index contributed by atoms with van der Waals surface area (Å²) in [6, 6.07) is 7.06. The van der Waals surface area contributed by atoms with Crippen molar-refractivity contribution in [3.63, 3.8) is 0 Å². The first kappa shape index (κ1) is 22.1. The highest BCUT2D eigenvalue weighted by Gasteiger charge is 2.70. The number of hydrogen-bond donors (Lipinski definition) is 2. The standard InChI is InChI=1S/C25H26N2O5S2/c1-9(2)18(24(30)31)27-22(28)16-12-8-13(17(16)23(27)29)19-15(12)14(11-7-5-4-6-10(11)3)20-21(33-19)26-25(32)34-20/h4-7,9,12-19H,8H2,1-3H3,(H,26,32)(H,30,31). The Morgan fingerprint density at radius 2 is 1.79 bits per heavy atom. The molecule has 2 saturated carbocycles. The van der Waals surface area contributed by atoms with E-state index in [0.29, 0.717) is 0 Å². The Morgan fingerprint density at radius 1 is 1.12 bits per heavy atom. The van der Waals surface area contributed by atoms with E-state index in [-0.39, 0.29) is 51.5 Å². The lowest BCUT2D eigenvalue weighted by Crippen LogP contribution is -2.49. The second-order valence-electron chi connectivity index (χ2n) is 10.4. The summed E-state index contributed by atoms with van der Waals surface area (Å²) >= 11 is 2.89. The van der Waals surface area contributed by atoms with Gasteiger partial charge in [0.25, 0.3) is 0 Å². The molecule has 0 spiro atoms. The van der Waals surface area contributed by atoms with Crippen molar-refractivity contribution in [3.8, 4) is 0 Å². The summed E-state index contributed by atoms with van der Waals surface area (Å²) in [4.78, 5) is 56.6. The van der Waals surface area contributed by atoms with E-state index in [9.17, 15) is 24.3 Å². The van der Waals surface area contributed by atoms with Gasteiger partial charge in [-0.25, -0.2) is 4.79 Å². The minimum Gasteiger partial charge on any atom is -0.480 e. The third kappa shape index (κ3) is 2.83. The first-order valence-corrected chi connectivity index (χ1v) is 13.4. The molecule has 2 amide bonds. The molecule has 2 bridgehead atoms. The smallest absolute Gasteiger partial charge is 0.327 e. The number of carbonyl (C=O) groups is 3. The lowest BCUT2D eigenvalue weighted by Gasteiger charge is -2.43. The third-order valence-electron chi connectivity index (χ3n) is 8.44. The van der Waals surface area contributed by atoms with Gasteiger partial charge < -0.3 is 10.1 Å². The van der Waals surface area contributed by atoms with Gasteiger partial charge in [0, 0.05) is 16.0 Å². The Bertz CT molecular complexity index is 1280. The number of aromatic amines is 1. The fourth-order valence-corrected chi connectivity index (χ4v) is 10.2. The average molecular weight is 499 g/mol. The molecule has 8 unspecified atom stereocenters. The number of carboxylic acids is 1. The number of aliphatic carboxylic acids is 1. The van der Waals surface area contributed by atoms with E-state index in [1.807, 2.05) is 12.1 Å². The largest absolute Gasteiger partial charge is 0.480 e. The van der Waals surface area contributed by atoms with Gasteiger partial charge in [-0.2, -0.15) is 0 Å². The monoisotopic (exact) mass is 498 g/mol. The zero-order valence-corrected chi connectivity index (χ0v) is 20.7. The Labute approximate surface area is 204 Å². The fraction of sp³-hybridized carbons (Fsp3) is 0.520. The summed E-state index contributed by atoms with van der Waals surface area (Å²) < 4.78 is 0. The van der Waals surface area contributed by atoms with Crippen LogP contribution < -0.4 is 4.87 Å². The molecule has 1 aromatic carbocycles. The Balaban J connectivity index is 1.46. The van der Waals surface area contributed by atoms with Crippen LogP contribution in [-0.2, 0) is 14.4 Å². The maximum atomic E-state index is 13.7. The number of carboxylic acid groups (broad SMARTS) is 1. The maximum Gasteiger partial charge on any atom is 0.327 e. The molecule has 1 saturated heterocycles. The topological polar surface area (TPSA) is 108 Å². The van der Waals surface area contributed by atoms with Crippen LogP contribution in [0.5, 0.6) is 0 Å². The number of fused-ring (bicyclic) bond motifs is 9. The van der Waals surface area contributed by atoms with E-state index in [1.54, 1.807) is 25.6 Å². The predicted molar refractivity (Wildman–Crippen MR) is 128 cm³/mol. The van der Waals surface area contributed by atoms with Gasteiger partial charge in [0.1, 0.15) is 6.04 Å². The number of thioether (sulfide) groups is 1. The molecular formula is C25H26N2O5S2. The van der Waals surface area contributed by atoms with Crippen LogP contribution in [0, 0.1) is 42.4 Å². The number of rotatable bonds is 4. The molecule has 2 aliphatic heterocycles. The number of imide groups is 1. The van der Waals surface area contributed by atoms with Crippen molar-refractivity contribution >= 4 is 40.9 Å². The number of benzene rings is 1. The van der Waals surface area contributed by atoms with Crippen LogP contribution in [0.15, 0.2) is 34.1 Å². The van der Waals surface area contributed by atoms with Crippen molar-refractivity contribution in [1.29, 1.82) is 0 Å². The first-order chi connectivity index (χ1) is 16.2. The molecule has 8 atom stereocenters. The highest BCUT2D eigenvalue weighted by molar-refractivity contribution is 8.00. The van der Waals surface area contributed by atoms with Gasteiger partial charge in [0.2, 0.25) is 11.8 Å². The zero-order valence-electron chi connectivity index (χ0n) is 19.1. The van der Waals surface area contributed by atoms with Crippen LogP contribution in [0.3, 0.4) is 0 Å². The minimum atomic E-state index is -1.13. The summed E-state index contributed by atoms with van der Waals surface area (Å²) in [7, 11) is 0. The summed E-state index contributed by atoms with van der Waals surface area (Å²) in [5.74, 6) is -2.97. The normalized spacial score (nSPS) is 34.4. The molecule has 34 heavy (non-hydrogen) atoms. The molecule has 3 fully saturated rings. The third-order valence-corrected chi connectivity index (χ3v) is 11.0. The molecule has 2 N–H and O–H groups in total. The molecule has 2 aliphatic carbocycles. The van der Waals surface area contributed by atoms with E-state index in [0.717, 1.165) is 32.4 Å². The Hall–Kier alpha value is -2.39. The van der Waals surface area contributed by atoms with Crippen LogP contribution in [0.25, 0.3) is 0 Å². The number of hydrogen-bond acceptors (Lipinski definition) is 6. The molecule has 0 radical (unpaired) electrons. The van der Waals surface area contributed by atoms with Gasteiger partial charge in [-0.1, -0.05) is 49.4 Å². The van der Waals surface area contributed by atoms with Crippen LogP contribution >= 0.6 is 23.1 Å². The summed E-state index contributed by atoms with van der Waals surface area (Å²) in [5.41, 5.74) is 2.31. The highest BCUT2D eigenvalue weighted by Crippen LogP contribution is 2.68. The molecule has 7 nitrogen and oxygen atoms in total. The van der Waals surface area contributed by atoms with Crippen molar-refractivity contribution in [2.45, 2.75) is 49.4 Å². The van der Waals surface area contributed by atoms with Gasteiger partial charge in [0.05, 0.1) is 16.9 Å². The van der Waals surface area contributed by atoms with Crippen LogP contribution in [0.1, 0.15) is 42.2 Å². The fourth-order valence-electron chi connectivity index (χ4n) is 7.29. The van der Waals surface area contributed by atoms with E-state index in [1.165, 1.54) is 11.3 Å². The van der Waals surface area contributed by atoms with E-state index in [2.05, 4.69) is 24.0 Å². The van der Waals surface area contributed by atoms with Crippen molar-refractivity contribution in [1.82, 2.24) is 9.88 Å². The number of H-pyrrole nitrogens is 1. The zero-order chi connectivity index (χ0) is 24.0. The Kier molecular flexibility index (Phi) is 4.91. The lowest BCUT2D eigenvalue weighted by atomic mass is 9.67. The van der Waals surface area contributed by atoms with Crippen molar-refractivity contribution < 1.29 is 19.5 Å². The number of nitrogens with one attached hydrogen (secondary N) is 1. The number of amides is 2. The van der Waals surface area contributed by atoms with Crippen LogP contribution in [0.4, 0.5) is 0 Å². The molecule has 178 valence electrons. The van der Waals surface area contributed by atoms with E-state index < -0.39 is 23.8 Å². The van der Waals surface area contributed by atoms with Crippen LogP contribution in [-0.4, -0.2) is 44.1 Å². The quantitative estimate of drug-likeness (QED) is 0.626. The maximum absolute atomic E-state index is 13.7. The highest BCUT2D eigenvalue weighted by atomic mass is 32.2. The van der Waals surface area contributed by atoms with Crippen molar-refractivity contribution in [2.75, 3.05) is 0 Å². The number of carbonyl (C=O) groups excluding carboxylic acids is 2. The second kappa shape index (κ2) is 7.55. The average Bonchev–Trinajstić information content (AvgIpc) is 3.49. The predicted octanol–water partition coefficient (Wildman–Crippen LogP) is 3.33. The van der Waals surface area contributed by atoms with Gasteiger partial charge in [-0.15, -0.1) is 11.8 Å². The molecule has 6 rings (SSSR count). The molecule has 2 aromatic rings. The van der Waals surface area contributed by atoms with E-state index >= 15 is 0 Å². The second-order valence-corrected chi connectivity index (χ2v) is 12.6. The molecule has 9 heteroatoms. The number of aryl methyl sites for hydroxylation is 1. The van der Waals surface area contributed by atoms with Crippen LogP contribution in [0.2, 0.25) is 0 Å². The summed E-state index contributed by atoms with van der Waals surface area (Å²) in [6.45, 7) is 5.55. The van der Waals surface area contributed by atoms with Gasteiger partial charge in [-0.05, 0) is 48.1 Å². The van der Waals surface area contributed by atoms with Crippen molar-refractivity contribution in [3.05, 3.63) is 49.9 Å². The minimum absolute atomic E-state index is 0.00359. The van der Waals surface area contributed by atoms with Gasteiger partial charge >= 0.3 is 10.8 Å². The summed E-state index contributed by atoms with van der Waals surface area (Å²) in [6.07, 6.45) is 0.796. The number of likely N-dealkylation sites (tertiary alicyclic amines) is 1. The van der Waals surface area contributed by atoms with Crippen molar-refractivity contribution in [2.24, 2.45) is 35.5 Å². The molecule has 1 aromatic heterocycles. The molecule has 4 aliphatic rings. The van der Waals surface area contributed by atoms with E-state index in [4.69, 9.17) is 0 Å². The van der Waals surface area contributed by atoms with Gasteiger partial charge in [-0.3, -0.25) is 19.3 Å². The summed E-state index contributed by atoms with van der Waals surface area (Å²) in [5, 5.41) is 10.8. The molecule has 3 heterocycles. The lowest BCUT2D eigenvalue weighted by molar-refractivity contribution is -0.157. The SMILES string of the molecule is Cc1ccccc1C1c2sc(=O)[nH]c2SC2C3CC(C4C(=O)N(C(C(=O)O)C(C)C)C(=O)C34)C12. The Morgan fingerprint density at radius 3 is 2.44 bits per heavy atom. The number of nitrogens with zero attached hydrogens (tertiary/aromatic N) is 1. The number of thiazole rings is 1. The molecular weight excluding hydrogens is 472 g/mol. The first-order valence-electron chi connectivity index (χ1n) is 11.8.